The van der Waals surface area contributed by atoms with Crippen molar-refractivity contribution in [3.05, 3.63) is 70.2 Å². The molecule has 0 fully saturated rings. The van der Waals surface area contributed by atoms with Crippen molar-refractivity contribution in [3.63, 3.8) is 0 Å². The van der Waals surface area contributed by atoms with Crippen LogP contribution in [0.2, 0.25) is 10.0 Å². The number of oxazole rings is 1. The number of hydrogen-bond acceptors (Lipinski definition) is 5. The summed E-state index contributed by atoms with van der Waals surface area (Å²) in [6.07, 6.45) is 1.50. The van der Waals surface area contributed by atoms with Gasteiger partial charge in [-0.25, -0.2) is 4.98 Å². The van der Waals surface area contributed by atoms with Crippen LogP contribution in [0, 0.1) is 0 Å². The van der Waals surface area contributed by atoms with Crippen LogP contribution in [0.15, 0.2) is 64.0 Å². The number of aliphatic imine (C=N–C) groups is 1. The molecule has 0 unspecified atom stereocenters. The van der Waals surface area contributed by atoms with Gasteiger partial charge >= 0.3 is 0 Å². The molecule has 4 rings (SSSR count). The van der Waals surface area contributed by atoms with E-state index >= 15 is 0 Å². The van der Waals surface area contributed by atoms with Crippen LogP contribution in [-0.4, -0.2) is 21.4 Å². The number of hydrogen-bond donors (Lipinski definition) is 2. The average molecular weight is 399 g/mol. The molecule has 0 spiro atoms. The maximum atomic E-state index is 9.82. The fourth-order valence-corrected chi connectivity index (χ4v) is 2.93. The SMILES string of the molecule is Oc1ccc(C=Nc2ccc3oc(-c4cc(Cl)ccc4Cl)nc3c2)c(O)c1. The van der Waals surface area contributed by atoms with E-state index in [-0.39, 0.29) is 11.5 Å². The minimum atomic E-state index is -0.0563. The molecule has 0 aliphatic rings. The van der Waals surface area contributed by atoms with E-state index in [1.165, 1.54) is 18.3 Å². The molecular weight excluding hydrogens is 387 g/mol. The van der Waals surface area contributed by atoms with E-state index in [0.29, 0.717) is 43.9 Å². The van der Waals surface area contributed by atoms with E-state index in [1.807, 2.05) is 0 Å². The van der Waals surface area contributed by atoms with Gasteiger partial charge in [0.2, 0.25) is 5.89 Å². The lowest BCUT2D eigenvalue weighted by molar-refractivity contribution is 0.450. The summed E-state index contributed by atoms with van der Waals surface area (Å²) >= 11 is 12.2. The van der Waals surface area contributed by atoms with Crippen molar-refractivity contribution >= 4 is 46.2 Å². The molecule has 4 aromatic rings. The van der Waals surface area contributed by atoms with Crippen LogP contribution in [0.1, 0.15) is 5.56 Å². The first-order valence-electron chi connectivity index (χ1n) is 7.92. The molecule has 5 nitrogen and oxygen atoms in total. The van der Waals surface area contributed by atoms with Gasteiger partial charge in [-0.2, -0.15) is 0 Å². The number of aromatic nitrogens is 1. The molecule has 2 N–H and O–H groups in total. The smallest absolute Gasteiger partial charge is 0.228 e. The lowest BCUT2D eigenvalue weighted by Crippen LogP contribution is -1.81. The van der Waals surface area contributed by atoms with E-state index in [0.717, 1.165) is 0 Å². The summed E-state index contributed by atoms with van der Waals surface area (Å²) in [7, 11) is 0. The zero-order valence-corrected chi connectivity index (χ0v) is 15.2. The Balaban J connectivity index is 1.68. The molecule has 3 aromatic carbocycles. The third kappa shape index (κ3) is 3.60. The first kappa shape index (κ1) is 17.4. The standard InChI is InChI=1S/C20H12Cl2N2O3/c21-12-2-5-16(22)15(7-12)20-24-17-8-13(3-6-19(17)27-20)23-10-11-1-4-14(25)9-18(11)26/h1-10,25-26H. The molecule has 0 bridgehead atoms. The van der Waals surface area contributed by atoms with Crippen molar-refractivity contribution < 1.29 is 14.6 Å². The van der Waals surface area contributed by atoms with Crippen molar-refractivity contribution in [1.29, 1.82) is 0 Å². The van der Waals surface area contributed by atoms with Gasteiger partial charge in [0.05, 0.1) is 16.3 Å². The quantitative estimate of drug-likeness (QED) is 0.417. The van der Waals surface area contributed by atoms with E-state index in [1.54, 1.807) is 42.5 Å². The Morgan fingerprint density at radius 1 is 0.963 bits per heavy atom. The largest absolute Gasteiger partial charge is 0.508 e. The first-order chi connectivity index (χ1) is 13.0. The zero-order chi connectivity index (χ0) is 19.0. The molecule has 1 heterocycles. The molecule has 0 aliphatic heterocycles. The summed E-state index contributed by atoms with van der Waals surface area (Å²) in [6.45, 7) is 0. The number of phenols is 2. The summed E-state index contributed by atoms with van der Waals surface area (Å²) in [6, 6.07) is 14.7. The zero-order valence-electron chi connectivity index (χ0n) is 13.7. The highest BCUT2D eigenvalue weighted by Crippen LogP contribution is 2.33. The molecule has 27 heavy (non-hydrogen) atoms. The lowest BCUT2D eigenvalue weighted by atomic mass is 10.2. The third-order valence-electron chi connectivity index (χ3n) is 3.90. The molecule has 0 radical (unpaired) electrons. The number of benzene rings is 3. The van der Waals surface area contributed by atoms with E-state index in [4.69, 9.17) is 27.6 Å². The topological polar surface area (TPSA) is 78.9 Å². The fourth-order valence-electron chi connectivity index (χ4n) is 2.56. The normalized spacial score (nSPS) is 11.5. The van der Waals surface area contributed by atoms with Crippen LogP contribution in [0.5, 0.6) is 11.5 Å². The Hall–Kier alpha value is -3.02. The Morgan fingerprint density at radius 2 is 1.81 bits per heavy atom. The van der Waals surface area contributed by atoms with Gasteiger partial charge in [0.1, 0.15) is 17.0 Å². The number of halogens is 2. The van der Waals surface area contributed by atoms with E-state index in [2.05, 4.69) is 9.98 Å². The Morgan fingerprint density at radius 3 is 2.63 bits per heavy atom. The van der Waals surface area contributed by atoms with Crippen LogP contribution >= 0.6 is 23.2 Å². The van der Waals surface area contributed by atoms with Gasteiger partial charge in [-0.15, -0.1) is 0 Å². The summed E-state index contributed by atoms with van der Waals surface area (Å²) in [5, 5.41) is 20.2. The predicted octanol–water partition coefficient (Wildman–Crippen LogP) is 5.96. The second kappa shape index (κ2) is 6.95. The van der Waals surface area contributed by atoms with Crippen molar-refractivity contribution in [2.24, 2.45) is 4.99 Å². The van der Waals surface area contributed by atoms with Gasteiger partial charge in [-0.05, 0) is 48.5 Å². The maximum Gasteiger partial charge on any atom is 0.228 e. The Labute approximate surface area is 164 Å². The van der Waals surface area contributed by atoms with Gasteiger partial charge in [0, 0.05) is 22.9 Å². The van der Waals surface area contributed by atoms with Crippen LogP contribution in [0.3, 0.4) is 0 Å². The summed E-state index contributed by atoms with van der Waals surface area (Å²) in [4.78, 5) is 8.80. The molecule has 0 aliphatic carbocycles. The number of aromatic hydroxyl groups is 2. The lowest BCUT2D eigenvalue weighted by Gasteiger charge is -1.99. The van der Waals surface area contributed by atoms with Gasteiger partial charge < -0.3 is 14.6 Å². The molecule has 0 saturated heterocycles. The molecule has 1 aromatic heterocycles. The van der Waals surface area contributed by atoms with Gasteiger partial charge in [-0.1, -0.05) is 23.2 Å². The fraction of sp³-hybridized carbons (Fsp3) is 0. The highest BCUT2D eigenvalue weighted by Gasteiger charge is 2.12. The third-order valence-corrected chi connectivity index (χ3v) is 4.46. The number of fused-ring (bicyclic) bond motifs is 1. The minimum absolute atomic E-state index is 0.0131. The van der Waals surface area contributed by atoms with Crippen molar-refractivity contribution in [1.82, 2.24) is 4.98 Å². The van der Waals surface area contributed by atoms with Crippen LogP contribution < -0.4 is 0 Å². The molecule has 7 heteroatoms. The Bertz CT molecular complexity index is 1190. The Kier molecular flexibility index (Phi) is 4.48. The summed E-state index contributed by atoms with van der Waals surface area (Å²) in [5.41, 5.74) is 2.93. The molecular formula is C20H12Cl2N2O3. The second-order valence-corrected chi connectivity index (χ2v) is 6.64. The summed E-state index contributed by atoms with van der Waals surface area (Å²) in [5.74, 6) is 0.301. The van der Waals surface area contributed by atoms with Gasteiger partial charge in [0.25, 0.3) is 0 Å². The minimum Gasteiger partial charge on any atom is -0.508 e. The summed E-state index contributed by atoms with van der Waals surface area (Å²) < 4.78 is 5.77. The molecule has 134 valence electrons. The average Bonchev–Trinajstić information content (AvgIpc) is 3.06. The predicted molar refractivity (Wildman–Crippen MR) is 106 cm³/mol. The highest BCUT2D eigenvalue weighted by molar-refractivity contribution is 6.35. The monoisotopic (exact) mass is 398 g/mol. The van der Waals surface area contributed by atoms with Crippen molar-refractivity contribution in [2.45, 2.75) is 0 Å². The van der Waals surface area contributed by atoms with Crippen LogP contribution in [-0.2, 0) is 0 Å². The maximum absolute atomic E-state index is 9.82. The van der Waals surface area contributed by atoms with Crippen molar-refractivity contribution in [2.75, 3.05) is 0 Å². The van der Waals surface area contributed by atoms with Gasteiger partial charge in [-0.3, -0.25) is 4.99 Å². The van der Waals surface area contributed by atoms with E-state index < -0.39 is 0 Å². The number of phenolic OH excluding ortho intramolecular Hbond substituents is 2. The number of nitrogens with zero attached hydrogens (tertiary/aromatic N) is 2. The van der Waals surface area contributed by atoms with Crippen molar-refractivity contribution in [3.8, 4) is 23.0 Å². The van der Waals surface area contributed by atoms with E-state index in [9.17, 15) is 10.2 Å². The van der Waals surface area contributed by atoms with Crippen LogP contribution in [0.4, 0.5) is 5.69 Å². The highest BCUT2D eigenvalue weighted by atomic mass is 35.5. The second-order valence-electron chi connectivity index (χ2n) is 5.80. The molecule has 0 saturated carbocycles. The molecule has 0 amide bonds. The van der Waals surface area contributed by atoms with Crippen LogP contribution in [0.25, 0.3) is 22.6 Å². The molecule has 0 atom stereocenters. The number of rotatable bonds is 3. The first-order valence-corrected chi connectivity index (χ1v) is 8.67. The van der Waals surface area contributed by atoms with Gasteiger partial charge in [0.15, 0.2) is 5.58 Å².